The van der Waals surface area contributed by atoms with Crippen molar-refractivity contribution in [2.45, 2.75) is 59.0 Å². The summed E-state index contributed by atoms with van der Waals surface area (Å²) in [6.07, 6.45) is 4.59. The van der Waals surface area contributed by atoms with Gasteiger partial charge >= 0.3 is 5.97 Å². The molecule has 0 spiro atoms. The molecule has 1 aliphatic rings. The highest BCUT2D eigenvalue weighted by atomic mass is 16.4. The van der Waals surface area contributed by atoms with Gasteiger partial charge in [0.05, 0.1) is 0 Å². The van der Waals surface area contributed by atoms with Crippen LogP contribution in [0.2, 0.25) is 0 Å². The Bertz CT molecular complexity index is 1280. The number of nitrogens with one attached hydrogen (secondary N) is 1. The first-order chi connectivity index (χ1) is 17.8. The molecule has 0 aliphatic carbocycles. The lowest BCUT2D eigenvalue weighted by molar-refractivity contribution is -0.144. The van der Waals surface area contributed by atoms with Crippen molar-refractivity contribution in [1.29, 1.82) is 0 Å². The maximum Gasteiger partial charge on any atom is 0.326 e. The minimum atomic E-state index is -0.989. The zero-order valence-electron chi connectivity index (χ0n) is 21.7. The Hall–Kier alpha value is -3.93. The molecule has 1 unspecified atom stereocenters. The summed E-state index contributed by atoms with van der Waals surface area (Å²) in [5.74, 6) is -1.57. The van der Waals surface area contributed by atoms with Crippen molar-refractivity contribution in [1.82, 2.24) is 4.90 Å². The summed E-state index contributed by atoms with van der Waals surface area (Å²) >= 11 is 0. The van der Waals surface area contributed by atoms with Crippen molar-refractivity contribution < 1.29 is 19.5 Å². The van der Waals surface area contributed by atoms with Crippen LogP contribution in [-0.2, 0) is 17.8 Å². The number of amides is 2. The first-order valence-corrected chi connectivity index (χ1v) is 13.0. The van der Waals surface area contributed by atoms with Gasteiger partial charge in [-0.3, -0.25) is 9.59 Å². The Morgan fingerprint density at radius 3 is 2.24 bits per heavy atom. The van der Waals surface area contributed by atoms with Crippen molar-refractivity contribution in [3.05, 3.63) is 89.0 Å². The first kappa shape index (κ1) is 26.1. The van der Waals surface area contributed by atoms with Gasteiger partial charge in [0.1, 0.15) is 6.04 Å². The lowest BCUT2D eigenvalue weighted by Crippen LogP contribution is -2.44. The number of aryl methyl sites for hydroxylation is 1. The van der Waals surface area contributed by atoms with Crippen molar-refractivity contribution >= 4 is 23.5 Å². The van der Waals surface area contributed by atoms with Crippen LogP contribution < -0.4 is 5.32 Å². The van der Waals surface area contributed by atoms with Gasteiger partial charge in [0.25, 0.3) is 11.8 Å². The van der Waals surface area contributed by atoms with E-state index >= 15 is 0 Å². The van der Waals surface area contributed by atoms with E-state index in [1.165, 1.54) is 23.3 Å². The number of anilines is 1. The summed E-state index contributed by atoms with van der Waals surface area (Å²) in [6, 6.07) is 20.1. The molecule has 0 saturated carbocycles. The third-order valence-electron chi connectivity index (χ3n) is 6.92. The Morgan fingerprint density at radius 1 is 0.946 bits per heavy atom. The predicted octanol–water partition coefficient (Wildman–Crippen LogP) is 6.40. The number of fused-ring (bicyclic) bond motifs is 1. The fourth-order valence-electron chi connectivity index (χ4n) is 4.88. The molecule has 0 fully saturated rings. The fourth-order valence-corrected chi connectivity index (χ4v) is 4.88. The molecule has 0 aromatic heterocycles. The summed E-state index contributed by atoms with van der Waals surface area (Å²) in [7, 11) is 0. The maximum atomic E-state index is 12.9. The second kappa shape index (κ2) is 11.4. The Morgan fingerprint density at radius 2 is 1.62 bits per heavy atom. The number of nitrogens with zero attached hydrogens (tertiary/aromatic N) is 1. The van der Waals surface area contributed by atoms with E-state index in [0.29, 0.717) is 16.8 Å². The van der Waals surface area contributed by atoms with Gasteiger partial charge in [-0.1, -0.05) is 63.9 Å². The topological polar surface area (TPSA) is 86.7 Å². The molecule has 37 heavy (non-hydrogen) atoms. The summed E-state index contributed by atoms with van der Waals surface area (Å²) in [4.78, 5) is 38.7. The van der Waals surface area contributed by atoms with Gasteiger partial charge in [0.15, 0.2) is 0 Å². The molecule has 6 nitrogen and oxygen atoms in total. The molecule has 2 amide bonds. The van der Waals surface area contributed by atoms with Crippen LogP contribution in [0.1, 0.15) is 71.9 Å². The van der Waals surface area contributed by atoms with Gasteiger partial charge in [0, 0.05) is 23.4 Å². The molecule has 6 heteroatoms. The summed E-state index contributed by atoms with van der Waals surface area (Å²) < 4.78 is 0. The van der Waals surface area contributed by atoms with Crippen LogP contribution in [0.3, 0.4) is 0 Å². The quantitative estimate of drug-likeness (QED) is 0.317. The van der Waals surface area contributed by atoms with Crippen LogP contribution in [0.4, 0.5) is 5.69 Å². The molecule has 3 aromatic rings. The molecule has 192 valence electrons. The molecule has 0 saturated heterocycles. The zero-order chi connectivity index (χ0) is 26.5. The number of carboxylic acids is 1. The smallest absolute Gasteiger partial charge is 0.326 e. The number of carboxylic acid groups (broad SMARTS) is 1. The van der Waals surface area contributed by atoms with Gasteiger partial charge < -0.3 is 15.3 Å². The second-order valence-electron chi connectivity index (χ2n) is 10.0. The SMILES string of the molecule is CCCCCc1ccc(C(=O)Nc2ccc(-c3ccc4c(c3)CN(C(C(=O)O)C(C)C)C4=O)cc2)cc1. The van der Waals surface area contributed by atoms with Gasteiger partial charge in [-0.15, -0.1) is 0 Å². The lowest BCUT2D eigenvalue weighted by Gasteiger charge is -2.27. The number of hydrogen-bond acceptors (Lipinski definition) is 3. The van der Waals surface area contributed by atoms with Crippen LogP contribution >= 0.6 is 0 Å². The minimum absolute atomic E-state index is 0.151. The summed E-state index contributed by atoms with van der Waals surface area (Å²) in [5, 5.41) is 12.6. The summed E-state index contributed by atoms with van der Waals surface area (Å²) in [6.45, 7) is 6.09. The zero-order valence-corrected chi connectivity index (χ0v) is 21.7. The van der Waals surface area contributed by atoms with Crippen LogP contribution in [-0.4, -0.2) is 33.8 Å². The average Bonchev–Trinajstić information content (AvgIpc) is 3.19. The van der Waals surface area contributed by atoms with E-state index in [1.54, 1.807) is 6.07 Å². The molecule has 2 N–H and O–H groups in total. The molecule has 0 radical (unpaired) electrons. The Kier molecular flexibility index (Phi) is 8.07. The highest BCUT2D eigenvalue weighted by molar-refractivity contribution is 6.04. The Balaban J connectivity index is 1.42. The average molecular weight is 499 g/mol. The molecular weight excluding hydrogens is 464 g/mol. The normalized spacial score (nSPS) is 13.5. The van der Waals surface area contributed by atoms with Gasteiger partial charge in [-0.25, -0.2) is 4.79 Å². The van der Waals surface area contributed by atoms with Crippen molar-refractivity contribution in [3.63, 3.8) is 0 Å². The number of unbranched alkanes of at least 4 members (excludes halogenated alkanes) is 2. The molecule has 1 heterocycles. The number of carbonyl (C=O) groups is 3. The van der Waals surface area contributed by atoms with Gasteiger partial charge in [-0.2, -0.15) is 0 Å². The van der Waals surface area contributed by atoms with Gasteiger partial charge in [0.2, 0.25) is 0 Å². The van der Waals surface area contributed by atoms with E-state index in [9.17, 15) is 19.5 Å². The van der Waals surface area contributed by atoms with Crippen molar-refractivity contribution in [2.75, 3.05) is 5.32 Å². The lowest BCUT2D eigenvalue weighted by atomic mass is 10.00. The monoisotopic (exact) mass is 498 g/mol. The van der Waals surface area contributed by atoms with E-state index in [2.05, 4.69) is 12.2 Å². The highest BCUT2D eigenvalue weighted by Gasteiger charge is 2.38. The fraction of sp³-hybridized carbons (Fsp3) is 0.323. The van der Waals surface area contributed by atoms with E-state index in [1.807, 2.05) is 74.5 Å². The number of carbonyl (C=O) groups excluding carboxylic acids is 2. The van der Waals surface area contributed by atoms with E-state index in [0.717, 1.165) is 29.5 Å². The molecule has 0 bridgehead atoms. The molecule has 1 atom stereocenters. The highest BCUT2D eigenvalue weighted by Crippen LogP contribution is 2.31. The third-order valence-corrected chi connectivity index (χ3v) is 6.92. The Labute approximate surface area is 218 Å². The standard InChI is InChI=1S/C31H34N2O4/c1-4-5-6-7-21-8-10-23(11-9-21)29(34)32-26-15-12-22(13-16-26)24-14-17-27-25(18-24)19-33(30(27)35)28(20(2)3)31(36)37/h8-18,20,28H,4-7,19H2,1-3H3,(H,32,34)(H,36,37). The number of benzene rings is 3. The largest absolute Gasteiger partial charge is 0.480 e. The molecule has 4 rings (SSSR count). The van der Waals surface area contributed by atoms with E-state index < -0.39 is 12.0 Å². The number of aliphatic carboxylic acids is 1. The van der Waals surface area contributed by atoms with Crippen molar-refractivity contribution in [2.24, 2.45) is 5.92 Å². The van der Waals surface area contributed by atoms with E-state index in [4.69, 9.17) is 0 Å². The van der Waals surface area contributed by atoms with Crippen molar-refractivity contribution in [3.8, 4) is 11.1 Å². The van der Waals surface area contributed by atoms with Crippen LogP contribution in [0.25, 0.3) is 11.1 Å². The maximum absolute atomic E-state index is 12.9. The second-order valence-corrected chi connectivity index (χ2v) is 10.0. The van der Waals surface area contributed by atoms with Crippen LogP contribution in [0.15, 0.2) is 66.7 Å². The molecular formula is C31H34N2O4. The van der Waals surface area contributed by atoms with Gasteiger partial charge in [-0.05, 0) is 77.4 Å². The van der Waals surface area contributed by atoms with E-state index in [-0.39, 0.29) is 24.3 Å². The number of hydrogen-bond donors (Lipinski definition) is 2. The number of rotatable bonds is 10. The minimum Gasteiger partial charge on any atom is -0.480 e. The molecule has 1 aliphatic heterocycles. The predicted molar refractivity (Wildman–Crippen MR) is 146 cm³/mol. The summed E-state index contributed by atoms with van der Waals surface area (Å²) in [5.41, 5.74) is 5.82. The van der Waals surface area contributed by atoms with Crippen LogP contribution in [0, 0.1) is 5.92 Å². The van der Waals surface area contributed by atoms with Crippen LogP contribution in [0.5, 0.6) is 0 Å². The first-order valence-electron chi connectivity index (χ1n) is 13.0. The third kappa shape index (κ3) is 5.91. The molecule has 3 aromatic carbocycles.